The fraction of sp³-hybridized carbons (Fsp3) is 0.364. The maximum absolute atomic E-state index is 9.63. The normalized spacial score (nSPS) is 24.4. The Kier molecular flexibility index (Phi) is 3.19. The molecule has 1 aliphatic heterocycles. The summed E-state index contributed by atoms with van der Waals surface area (Å²) >= 11 is 0. The number of hydrogen-bond donors (Lipinski definition) is 2. The highest BCUT2D eigenvalue weighted by Gasteiger charge is 2.35. The highest BCUT2D eigenvalue weighted by molar-refractivity contribution is 5.98. The molecule has 0 aromatic carbocycles. The van der Waals surface area contributed by atoms with Crippen molar-refractivity contribution in [2.24, 2.45) is 0 Å². The Balaban J connectivity index is 3.10. The summed E-state index contributed by atoms with van der Waals surface area (Å²) in [7, 11) is 3.68. The molecule has 82 valence electrons. The van der Waals surface area contributed by atoms with Crippen LogP contribution in [0.25, 0.3) is 0 Å². The van der Waals surface area contributed by atoms with Gasteiger partial charge in [0.05, 0.1) is 0 Å². The van der Waals surface area contributed by atoms with E-state index in [4.69, 9.17) is 5.41 Å². The lowest BCUT2D eigenvalue weighted by atomic mass is 10.3. The first-order chi connectivity index (χ1) is 7.04. The van der Waals surface area contributed by atoms with Crippen molar-refractivity contribution in [1.82, 2.24) is 9.80 Å². The second kappa shape index (κ2) is 4.21. The minimum absolute atomic E-state index is 0.0425. The van der Waals surface area contributed by atoms with Crippen molar-refractivity contribution < 1.29 is 5.11 Å². The molecule has 0 bridgehead atoms. The lowest BCUT2D eigenvalue weighted by Gasteiger charge is -2.24. The van der Waals surface area contributed by atoms with Crippen LogP contribution in [-0.4, -0.2) is 41.0 Å². The SMILES string of the molecule is C=CCC1N(C)C(=N)C(=C(O)C=C)N1C. The molecule has 0 spiro atoms. The number of rotatable bonds is 3. The van der Waals surface area contributed by atoms with Gasteiger partial charge in [0.25, 0.3) is 0 Å². The van der Waals surface area contributed by atoms with E-state index in [1.54, 1.807) is 11.0 Å². The molecule has 15 heavy (non-hydrogen) atoms. The second-order valence-corrected chi connectivity index (χ2v) is 3.51. The highest BCUT2D eigenvalue weighted by atomic mass is 16.3. The Bertz CT molecular complexity index is 333. The second-order valence-electron chi connectivity index (χ2n) is 3.51. The van der Waals surface area contributed by atoms with E-state index in [9.17, 15) is 5.11 Å². The van der Waals surface area contributed by atoms with Gasteiger partial charge in [0.2, 0.25) is 0 Å². The molecular formula is C11H17N3O. The van der Waals surface area contributed by atoms with E-state index in [-0.39, 0.29) is 11.9 Å². The monoisotopic (exact) mass is 207 g/mol. The minimum atomic E-state index is 0.0425. The van der Waals surface area contributed by atoms with Crippen LogP contribution in [-0.2, 0) is 0 Å². The van der Waals surface area contributed by atoms with Crippen LogP contribution in [0.4, 0.5) is 0 Å². The largest absolute Gasteiger partial charge is 0.506 e. The molecule has 0 aliphatic carbocycles. The van der Waals surface area contributed by atoms with Gasteiger partial charge in [-0.1, -0.05) is 12.7 Å². The molecule has 1 unspecified atom stereocenters. The molecule has 2 N–H and O–H groups in total. The minimum Gasteiger partial charge on any atom is -0.506 e. The highest BCUT2D eigenvalue weighted by Crippen LogP contribution is 2.26. The van der Waals surface area contributed by atoms with Crippen molar-refractivity contribution in [3.63, 3.8) is 0 Å². The molecule has 4 nitrogen and oxygen atoms in total. The van der Waals surface area contributed by atoms with Gasteiger partial charge in [-0.15, -0.1) is 6.58 Å². The Morgan fingerprint density at radius 3 is 2.53 bits per heavy atom. The summed E-state index contributed by atoms with van der Waals surface area (Å²) in [6.45, 7) is 7.19. The number of nitrogens with zero attached hydrogens (tertiary/aromatic N) is 2. The fourth-order valence-corrected chi connectivity index (χ4v) is 1.76. The topological polar surface area (TPSA) is 50.6 Å². The standard InChI is InChI=1S/C11H17N3O/c1-5-7-9-13(3)10(8(15)6-2)11(12)14(9)4/h5-6,9,12,15H,1-2,7H2,3-4H3. The first kappa shape index (κ1) is 11.4. The summed E-state index contributed by atoms with van der Waals surface area (Å²) < 4.78 is 0. The van der Waals surface area contributed by atoms with E-state index in [0.29, 0.717) is 11.5 Å². The van der Waals surface area contributed by atoms with Crippen LogP contribution in [0.1, 0.15) is 6.42 Å². The number of aliphatic hydroxyl groups is 1. The third-order valence-electron chi connectivity index (χ3n) is 2.64. The molecule has 1 aliphatic rings. The Labute approximate surface area is 90.3 Å². The number of nitrogens with one attached hydrogen (secondary N) is 1. The molecule has 0 amide bonds. The average Bonchev–Trinajstić information content (AvgIpc) is 2.42. The molecule has 0 saturated carbocycles. The maximum Gasteiger partial charge on any atom is 0.150 e. The van der Waals surface area contributed by atoms with Gasteiger partial charge in [-0.2, -0.15) is 0 Å². The molecule has 0 aromatic rings. The van der Waals surface area contributed by atoms with Crippen LogP contribution < -0.4 is 0 Å². The lowest BCUT2D eigenvalue weighted by molar-refractivity contribution is 0.219. The van der Waals surface area contributed by atoms with E-state index in [0.717, 1.165) is 6.42 Å². The van der Waals surface area contributed by atoms with Gasteiger partial charge in [-0.05, 0) is 6.08 Å². The number of amidine groups is 1. The zero-order valence-electron chi connectivity index (χ0n) is 9.20. The molecular weight excluding hydrogens is 190 g/mol. The summed E-state index contributed by atoms with van der Waals surface area (Å²) in [6.07, 6.45) is 3.94. The first-order valence-corrected chi connectivity index (χ1v) is 4.75. The van der Waals surface area contributed by atoms with Crippen LogP contribution >= 0.6 is 0 Å². The summed E-state index contributed by atoms with van der Waals surface area (Å²) in [4.78, 5) is 3.66. The van der Waals surface area contributed by atoms with Crippen molar-refractivity contribution in [2.75, 3.05) is 14.1 Å². The predicted molar refractivity (Wildman–Crippen MR) is 61.7 cm³/mol. The average molecular weight is 207 g/mol. The molecule has 1 atom stereocenters. The summed E-state index contributed by atoms with van der Waals surface area (Å²) in [5, 5.41) is 17.5. The van der Waals surface area contributed by atoms with E-state index in [1.165, 1.54) is 6.08 Å². The molecule has 1 heterocycles. The van der Waals surface area contributed by atoms with Crippen molar-refractivity contribution in [3.8, 4) is 0 Å². The van der Waals surface area contributed by atoms with E-state index >= 15 is 0 Å². The summed E-state index contributed by atoms with van der Waals surface area (Å²) in [5.74, 6) is 0.350. The molecule has 0 aromatic heterocycles. The van der Waals surface area contributed by atoms with Gasteiger partial charge >= 0.3 is 0 Å². The Morgan fingerprint density at radius 2 is 2.07 bits per heavy atom. The summed E-state index contributed by atoms with van der Waals surface area (Å²) in [5.41, 5.74) is 0.513. The van der Waals surface area contributed by atoms with Crippen molar-refractivity contribution >= 4 is 5.84 Å². The van der Waals surface area contributed by atoms with Gasteiger partial charge in [0, 0.05) is 20.5 Å². The van der Waals surface area contributed by atoms with Gasteiger partial charge in [-0.3, -0.25) is 5.41 Å². The zero-order chi connectivity index (χ0) is 11.6. The smallest absolute Gasteiger partial charge is 0.150 e. The Morgan fingerprint density at radius 1 is 1.47 bits per heavy atom. The number of allylic oxidation sites excluding steroid dienone is 1. The van der Waals surface area contributed by atoms with Crippen molar-refractivity contribution in [3.05, 3.63) is 36.8 Å². The van der Waals surface area contributed by atoms with Crippen LogP contribution in [0.15, 0.2) is 36.8 Å². The molecule has 1 saturated heterocycles. The van der Waals surface area contributed by atoms with Crippen molar-refractivity contribution in [1.29, 1.82) is 5.41 Å². The predicted octanol–water partition coefficient (Wildman–Crippen LogP) is 1.70. The van der Waals surface area contributed by atoms with Gasteiger partial charge in [0.15, 0.2) is 0 Å². The van der Waals surface area contributed by atoms with Crippen LogP contribution in [0.5, 0.6) is 0 Å². The zero-order valence-corrected chi connectivity index (χ0v) is 9.20. The number of likely N-dealkylation sites (N-methyl/N-ethyl adjacent to an activating group) is 2. The van der Waals surface area contributed by atoms with Crippen LogP contribution in [0.3, 0.4) is 0 Å². The molecule has 4 heteroatoms. The van der Waals surface area contributed by atoms with Gasteiger partial charge in [0.1, 0.15) is 23.5 Å². The van der Waals surface area contributed by atoms with Gasteiger partial charge < -0.3 is 14.9 Å². The number of hydrogen-bond acceptors (Lipinski definition) is 3. The summed E-state index contributed by atoms with van der Waals surface area (Å²) in [6, 6.07) is 0. The third kappa shape index (κ3) is 1.75. The van der Waals surface area contributed by atoms with Gasteiger partial charge in [-0.25, -0.2) is 0 Å². The van der Waals surface area contributed by atoms with E-state index in [2.05, 4.69) is 13.2 Å². The Hall–Kier alpha value is -1.71. The quantitative estimate of drug-likeness (QED) is 0.547. The van der Waals surface area contributed by atoms with E-state index in [1.807, 2.05) is 19.0 Å². The molecule has 0 radical (unpaired) electrons. The maximum atomic E-state index is 9.63. The molecule has 1 fully saturated rings. The van der Waals surface area contributed by atoms with Crippen LogP contribution in [0.2, 0.25) is 0 Å². The first-order valence-electron chi connectivity index (χ1n) is 4.75. The third-order valence-corrected chi connectivity index (χ3v) is 2.64. The number of aliphatic hydroxyl groups excluding tert-OH is 1. The van der Waals surface area contributed by atoms with E-state index < -0.39 is 0 Å². The lowest BCUT2D eigenvalue weighted by Crippen LogP contribution is -2.34. The fourth-order valence-electron chi connectivity index (χ4n) is 1.76. The van der Waals surface area contributed by atoms with Crippen LogP contribution in [0, 0.1) is 5.41 Å². The van der Waals surface area contributed by atoms with Crippen molar-refractivity contribution in [2.45, 2.75) is 12.6 Å². The molecule has 1 rings (SSSR count).